The molecule has 0 saturated heterocycles. The summed E-state index contributed by atoms with van der Waals surface area (Å²) >= 11 is 14.8. The van der Waals surface area contributed by atoms with Crippen LogP contribution < -0.4 is 0 Å². The van der Waals surface area contributed by atoms with E-state index in [4.69, 9.17) is 45.0 Å². The second-order valence-corrected chi connectivity index (χ2v) is 2.95. The number of halogens is 3. The molecular formula is C3H3Cl3O3. The van der Waals surface area contributed by atoms with Crippen molar-refractivity contribution in [2.45, 2.75) is 9.90 Å². The normalized spacial score (nSPS) is 17.4. The molecular weight excluding hydrogens is 190 g/mol. The SMILES string of the molecule is O=C(O)C(O)(Cl)C(Cl)Cl. The van der Waals surface area contributed by atoms with Crippen molar-refractivity contribution in [3.63, 3.8) is 0 Å². The third-order valence-corrected chi connectivity index (χ3v) is 1.82. The lowest BCUT2D eigenvalue weighted by Crippen LogP contribution is -2.38. The van der Waals surface area contributed by atoms with Crippen LogP contribution in [0, 0.1) is 0 Å². The molecule has 0 saturated carbocycles. The molecule has 3 nitrogen and oxygen atoms in total. The summed E-state index contributed by atoms with van der Waals surface area (Å²) in [5.41, 5.74) is 0. The highest BCUT2D eigenvalue weighted by molar-refractivity contribution is 6.52. The number of hydrogen-bond acceptors (Lipinski definition) is 2. The molecule has 2 N–H and O–H groups in total. The largest absolute Gasteiger partial charge is 0.478 e. The van der Waals surface area contributed by atoms with E-state index >= 15 is 0 Å². The number of aliphatic carboxylic acids is 1. The fraction of sp³-hybridized carbons (Fsp3) is 0.667. The van der Waals surface area contributed by atoms with Crippen LogP contribution in [0.3, 0.4) is 0 Å². The number of rotatable bonds is 2. The van der Waals surface area contributed by atoms with Crippen LogP contribution in [0.5, 0.6) is 0 Å². The fourth-order valence-corrected chi connectivity index (χ4v) is 0.280. The highest BCUT2D eigenvalue weighted by atomic mass is 35.5. The summed E-state index contributed by atoms with van der Waals surface area (Å²) in [6, 6.07) is 0. The minimum atomic E-state index is -2.58. The average molecular weight is 193 g/mol. The summed E-state index contributed by atoms with van der Waals surface area (Å²) in [7, 11) is 0. The molecule has 0 fully saturated rings. The topological polar surface area (TPSA) is 57.5 Å². The van der Waals surface area contributed by atoms with Crippen LogP contribution in [0.25, 0.3) is 0 Å². The van der Waals surface area contributed by atoms with Crippen molar-refractivity contribution in [3.8, 4) is 0 Å². The minimum absolute atomic E-state index is 1.54. The van der Waals surface area contributed by atoms with E-state index in [-0.39, 0.29) is 0 Å². The lowest BCUT2D eigenvalue weighted by Gasteiger charge is -2.14. The Balaban J connectivity index is 4.19. The van der Waals surface area contributed by atoms with Gasteiger partial charge >= 0.3 is 5.97 Å². The summed E-state index contributed by atoms with van der Waals surface area (Å²) in [5.74, 6) is -1.67. The van der Waals surface area contributed by atoms with E-state index in [2.05, 4.69) is 0 Å². The van der Waals surface area contributed by atoms with Crippen LogP contribution in [0.2, 0.25) is 0 Å². The van der Waals surface area contributed by atoms with Crippen molar-refractivity contribution in [1.82, 2.24) is 0 Å². The summed E-state index contributed by atoms with van der Waals surface area (Å²) in [6.07, 6.45) is 0. The smallest absolute Gasteiger partial charge is 0.354 e. The lowest BCUT2D eigenvalue weighted by molar-refractivity contribution is -0.149. The molecule has 0 aliphatic heterocycles. The molecule has 6 heteroatoms. The standard InChI is InChI=1S/C3H3Cl3O3/c4-1(5)3(6,9)2(7)8/h1,9H,(H,7,8). The molecule has 0 rings (SSSR count). The first-order valence-corrected chi connectivity index (χ1v) is 3.07. The van der Waals surface area contributed by atoms with Gasteiger partial charge in [-0.3, -0.25) is 0 Å². The first-order valence-electron chi connectivity index (χ1n) is 1.82. The zero-order valence-electron chi connectivity index (χ0n) is 4.01. The second kappa shape index (κ2) is 2.92. The maximum atomic E-state index is 9.91. The lowest BCUT2D eigenvalue weighted by atomic mass is 10.4. The summed E-state index contributed by atoms with van der Waals surface area (Å²) in [5, 5.41) is 14.1. The predicted octanol–water partition coefficient (Wildman–Crippen LogP) is 0.802. The Bertz CT molecular complexity index is 121. The van der Waals surface area contributed by atoms with E-state index in [0.29, 0.717) is 0 Å². The highest BCUT2D eigenvalue weighted by Gasteiger charge is 2.40. The van der Waals surface area contributed by atoms with Crippen LogP contribution in [-0.4, -0.2) is 26.1 Å². The summed E-state index contributed by atoms with van der Waals surface area (Å²) in [4.78, 5) is 8.37. The van der Waals surface area contributed by atoms with E-state index in [0.717, 1.165) is 0 Å². The second-order valence-electron chi connectivity index (χ2n) is 1.28. The van der Waals surface area contributed by atoms with Gasteiger partial charge in [0.2, 0.25) is 0 Å². The molecule has 0 aliphatic rings. The van der Waals surface area contributed by atoms with E-state index in [1.54, 1.807) is 0 Å². The van der Waals surface area contributed by atoms with Crippen LogP contribution >= 0.6 is 34.8 Å². The molecule has 0 radical (unpaired) electrons. The molecule has 1 atom stereocenters. The van der Waals surface area contributed by atoms with Gasteiger partial charge in [-0.25, -0.2) is 4.79 Å². The highest BCUT2D eigenvalue weighted by Crippen LogP contribution is 2.24. The summed E-state index contributed by atoms with van der Waals surface area (Å²) < 4.78 is 0. The van der Waals surface area contributed by atoms with Crippen LogP contribution in [0.4, 0.5) is 0 Å². The predicted molar refractivity (Wildman–Crippen MR) is 33.9 cm³/mol. The number of aliphatic hydroxyl groups is 1. The Morgan fingerprint density at radius 1 is 1.56 bits per heavy atom. The number of alkyl halides is 3. The molecule has 0 spiro atoms. The Kier molecular flexibility index (Phi) is 3.02. The molecule has 0 aromatic heterocycles. The van der Waals surface area contributed by atoms with Gasteiger partial charge in [-0.2, -0.15) is 0 Å². The molecule has 0 aromatic carbocycles. The van der Waals surface area contributed by atoms with Gasteiger partial charge in [0.05, 0.1) is 0 Å². The molecule has 9 heavy (non-hydrogen) atoms. The average Bonchev–Trinajstić information content (AvgIpc) is 1.65. The van der Waals surface area contributed by atoms with Crippen molar-refractivity contribution >= 4 is 40.8 Å². The molecule has 54 valence electrons. The van der Waals surface area contributed by atoms with Gasteiger partial charge in [0, 0.05) is 0 Å². The van der Waals surface area contributed by atoms with Crippen LogP contribution in [-0.2, 0) is 4.79 Å². The number of carboxylic acids is 1. The quantitative estimate of drug-likeness (QED) is 0.638. The van der Waals surface area contributed by atoms with Crippen LogP contribution in [0.15, 0.2) is 0 Å². The third-order valence-electron chi connectivity index (χ3n) is 0.589. The molecule has 0 amide bonds. The zero-order chi connectivity index (χ0) is 7.65. The Morgan fingerprint density at radius 3 is 1.89 bits per heavy atom. The number of carbonyl (C=O) groups is 1. The molecule has 0 aromatic rings. The molecule has 0 aliphatic carbocycles. The first-order chi connectivity index (χ1) is 3.89. The monoisotopic (exact) mass is 192 g/mol. The molecule has 0 bridgehead atoms. The Hall–Kier alpha value is 0.300. The zero-order valence-corrected chi connectivity index (χ0v) is 6.28. The maximum Gasteiger partial charge on any atom is 0.354 e. The van der Waals surface area contributed by atoms with E-state index in [1.807, 2.05) is 0 Å². The van der Waals surface area contributed by atoms with Gasteiger partial charge in [0.15, 0.2) is 4.84 Å². The van der Waals surface area contributed by atoms with Crippen molar-refractivity contribution < 1.29 is 15.0 Å². The fourth-order valence-electron chi connectivity index (χ4n) is 0.0933. The van der Waals surface area contributed by atoms with Gasteiger partial charge in [-0.05, 0) is 0 Å². The van der Waals surface area contributed by atoms with Gasteiger partial charge in [0.1, 0.15) is 0 Å². The summed E-state index contributed by atoms with van der Waals surface area (Å²) in [6.45, 7) is 0. The van der Waals surface area contributed by atoms with Crippen molar-refractivity contribution in [2.75, 3.05) is 0 Å². The maximum absolute atomic E-state index is 9.91. The van der Waals surface area contributed by atoms with Gasteiger partial charge < -0.3 is 10.2 Å². The van der Waals surface area contributed by atoms with Crippen molar-refractivity contribution in [1.29, 1.82) is 0 Å². The minimum Gasteiger partial charge on any atom is -0.478 e. The van der Waals surface area contributed by atoms with Gasteiger partial charge in [-0.1, -0.05) is 11.6 Å². The van der Waals surface area contributed by atoms with E-state index < -0.39 is 15.9 Å². The first kappa shape index (κ1) is 9.30. The molecule has 1 unspecified atom stereocenters. The number of hydrogen-bond donors (Lipinski definition) is 2. The van der Waals surface area contributed by atoms with Gasteiger partial charge in [-0.15, -0.1) is 23.2 Å². The molecule has 0 heterocycles. The van der Waals surface area contributed by atoms with E-state index in [1.165, 1.54) is 0 Å². The number of carboxylic acid groups (broad SMARTS) is 1. The van der Waals surface area contributed by atoms with Crippen LogP contribution in [0.1, 0.15) is 0 Å². The van der Waals surface area contributed by atoms with Crippen molar-refractivity contribution in [3.05, 3.63) is 0 Å². The Morgan fingerprint density at radius 2 is 1.89 bits per heavy atom. The Labute approximate surface area is 66.1 Å². The van der Waals surface area contributed by atoms with Crippen molar-refractivity contribution in [2.24, 2.45) is 0 Å². The van der Waals surface area contributed by atoms with Gasteiger partial charge in [0.25, 0.3) is 5.06 Å². The third kappa shape index (κ3) is 2.18. The van der Waals surface area contributed by atoms with E-state index in [9.17, 15) is 4.79 Å².